The van der Waals surface area contributed by atoms with Gasteiger partial charge in [0.25, 0.3) is 0 Å². The second-order valence-corrected chi connectivity index (χ2v) is 8.90. The van der Waals surface area contributed by atoms with Crippen LogP contribution in [0.3, 0.4) is 0 Å². The lowest BCUT2D eigenvalue weighted by atomic mass is 9.96. The molecule has 0 radical (unpaired) electrons. The van der Waals surface area contributed by atoms with Gasteiger partial charge in [-0.15, -0.1) is 0 Å². The summed E-state index contributed by atoms with van der Waals surface area (Å²) in [6, 6.07) is 11.2. The van der Waals surface area contributed by atoms with Gasteiger partial charge in [-0.05, 0) is 68.7 Å². The fraction of sp³-hybridized carbons (Fsp3) is 0.375. The maximum Gasteiger partial charge on any atom is 0.419 e. The summed E-state index contributed by atoms with van der Waals surface area (Å²) < 4.78 is 18.3. The average Bonchev–Trinajstić information content (AvgIpc) is 3.00. The highest BCUT2D eigenvalue weighted by Gasteiger charge is 2.28. The summed E-state index contributed by atoms with van der Waals surface area (Å²) >= 11 is 6.31. The molecule has 0 atom stereocenters. The standard InChI is InChI=1S/C24H28ClNO4/c1-14(2)21-17-13-16(25)9-10-18(17)26(23(27)30-24(3,4)5)22(21)15-8-11-19(28-6)20(12-15)29-7/h8-14H,1-7H3. The summed E-state index contributed by atoms with van der Waals surface area (Å²) in [7, 11) is 3.19. The van der Waals surface area contributed by atoms with E-state index < -0.39 is 11.7 Å². The average molecular weight is 430 g/mol. The predicted octanol–water partition coefficient (Wildman–Crippen LogP) is 6.89. The Morgan fingerprint density at radius 2 is 1.67 bits per heavy atom. The van der Waals surface area contributed by atoms with E-state index in [9.17, 15) is 4.79 Å². The van der Waals surface area contributed by atoms with Crippen LogP contribution in [-0.2, 0) is 4.74 Å². The smallest absolute Gasteiger partial charge is 0.419 e. The number of halogens is 1. The number of ether oxygens (including phenoxy) is 3. The second kappa shape index (κ2) is 8.23. The molecule has 0 unspecified atom stereocenters. The van der Waals surface area contributed by atoms with Crippen molar-refractivity contribution in [2.45, 2.75) is 46.1 Å². The van der Waals surface area contributed by atoms with Crippen molar-refractivity contribution in [3.8, 4) is 22.8 Å². The van der Waals surface area contributed by atoms with Crippen molar-refractivity contribution in [2.75, 3.05) is 14.2 Å². The van der Waals surface area contributed by atoms with Crippen molar-refractivity contribution < 1.29 is 19.0 Å². The van der Waals surface area contributed by atoms with Gasteiger partial charge in [0, 0.05) is 16.0 Å². The van der Waals surface area contributed by atoms with E-state index in [1.807, 2.05) is 51.1 Å². The van der Waals surface area contributed by atoms with E-state index in [2.05, 4.69) is 13.8 Å². The molecule has 3 rings (SSSR count). The highest BCUT2D eigenvalue weighted by atomic mass is 35.5. The Morgan fingerprint density at radius 1 is 1.00 bits per heavy atom. The molecule has 0 saturated carbocycles. The molecular formula is C24H28ClNO4. The van der Waals surface area contributed by atoms with Gasteiger partial charge in [0.2, 0.25) is 0 Å². The fourth-order valence-corrected chi connectivity index (χ4v) is 3.81. The van der Waals surface area contributed by atoms with Crippen LogP contribution >= 0.6 is 11.6 Å². The van der Waals surface area contributed by atoms with Crippen molar-refractivity contribution in [1.82, 2.24) is 4.57 Å². The molecule has 2 aromatic carbocycles. The maximum absolute atomic E-state index is 13.3. The molecule has 0 aliphatic heterocycles. The molecule has 3 aromatic rings. The van der Waals surface area contributed by atoms with E-state index >= 15 is 0 Å². The van der Waals surface area contributed by atoms with E-state index in [4.69, 9.17) is 25.8 Å². The van der Waals surface area contributed by atoms with E-state index in [-0.39, 0.29) is 5.92 Å². The molecule has 0 amide bonds. The summed E-state index contributed by atoms with van der Waals surface area (Å²) in [6.45, 7) is 9.76. The molecule has 6 heteroatoms. The van der Waals surface area contributed by atoms with Gasteiger partial charge in [-0.3, -0.25) is 0 Å². The Labute approximate surface area is 182 Å². The molecule has 1 aromatic heterocycles. The van der Waals surface area contributed by atoms with E-state index in [1.54, 1.807) is 24.9 Å². The summed E-state index contributed by atoms with van der Waals surface area (Å²) in [4.78, 5) is 13.3. The number of carbonyl (C=O) groups excluding carboxylic acids is 1. The maximum atomic E-state index is 13.3. The molecule has 0 aliphatic carbocycles. The van der Waals surface area contributed by atoms with Crippen LogP contribution in [0, 0.1) is 0 Å². The van der Waals surface area contributed by atoms with Crippen LogP contribution in [0.25, 0.3) is 22.2 Å². The number of fused-ring (bicyclic) bond motifs is 1. The SMILES string of the molecule is COc1ccc(-c2c(C(C)C)c3cc(Cl)ccc3n2C(=O)OC(C)(C)C)cc1OC. The van der Waals surface area contributed by atoms with Crippen LogP contribution in [0.1, 0.15) is 46.1 Å². The molecule has 0 saturated heterocycles. The monoisotopic (exact) mass is 429 g/mol. The Hall–Kier alpha value is -2.66. The van der Waals surface area contributed by atoms with Crippen molar-refractivity contribution in [3.63, 3.8) is 0 Å². The fourth-order valence-electron chi connectivity index (χ4n) is 3.64. The number of carbonyl (C=O) groups is 1. The minimum Gasteiger partial charge on any atom is -0.493 e. The first-order valence-corrected chi connectivity index (χ1v) is 10.2. The third kappa shape index (κ3) is 4.12. The Bertz CT molecular complexity index is 1090. The van der Waals surface area contributed by atoms with Crippen LogP contribution in [0.15, 0.2) is 36.4 Å². The van der Waals surface area contributed by atoms with E-state index in [1.165, 1.54) is 0 Å². The van der Waals surface area contributed by atoms with Crippen molar-refractivity contribution in [2.24, 2.45) is 0 Å². The van der Waals surface area contributed by atoms with Gasteiger partial charge in [0.05, 0.1) is 25.4 Å². The van der Waals surface area contributed by atoms with Gasteiger partial charge in [0.15, 0.2) is 11.5 Å². The largest absolute Gasteiger partial charge is 0.493 e. The molecule has 0 fully saturated rings. The lowest BCUT2D eigenvalue weighted by molar-refractivity contribution is 0.0547. The number of methoxy groups -OCH3 is 2. The second-order valence-electron chi connectivity index (χ2n) is 8.46. The third-order valence-electron chi connectivity index (χ3n) is 4.78. The van der Waals surface area contributed by atoms with E-state index in [0.717, 1.165) is 27.7 Å². The first-order chi connectivity index (χ1) is 14.1. The highest BCUT2D eigenvalue weighted by molar-refractivity contribution is 6.31. The van der Waals surface area contributed by atoms with Gasteiger partial charge < -0.3 is 14.2 Å². The number of rotatable bonds is 4. The van der Waals surface area contributed by atoms with Gasteiger partial charge in [-0.1, -0.05) is 25.4 Å². The van der Waals surface area contributed by atoms with Crippen LogP contribution in [-0.4, -0.2) is 30.5 Å². The van der Waals surface area contributed by atoms with Crippen LogP contribution in [0.4, 0.5) is 4.79 Å². The van der Waals surface area contributed by atoms with Crippen molar-refractivity contribution in [3.05, 3.63) is 47.0 Å². The number of aromatic nitrogens is 1. The van der Waals surface area contributed by atoms with Gasteiger partial charge in [-0.25, -0.2) is 9.36 Å². The molecule has 5 nitrogen and oxygen atoms in total. The minimum atomic E-state index is -0.632. The molecule has 0 aliphatic rings. The Morgan fingerprint density at radius 3 is 2.23 bits per heavy atom. The summed E-state index contributed by atoms with van der Waals surface area (Å²) in [6.07, 6.45) is -0.438. The third-order valence-corrected chi connectivity index (χ3v) is 5.01. The molecule has 1 heterocycles. The number of nitrogens with zero attached hydrogens (tertiary/aromatic N) is 1. The highest BCUT2D eigenvalue weighted by Crippen LogP contribution is 2.42. The number of hydrogen-bond acceptors (Lipinski definition) is 4. The normalized spacial score (nSPS) is 11.8. The molecule has 0 spiro atoms. The first kappa shape index (κ1) is 22.0. The lowest BCUT2D eigenvalue weighted by Crippen LogP contribution is -2.27. The van der Waals surface area contributed by atoms with Gasteiger partial charge in [-0.2, -0.15) is 0 Å². The minimum absolute atomic E-state index is 0.137. The van der Waals surface area contributed by atoms with Gasteiger partial charge in [0.1, 0.15) is 5.60 Å². The topological polar surface area (TPSA) is 49.7 Å². The zero-order valence-electron chi connectivity index (χ0n) is 18.5. The Kier molecular flexibility index (Phi) is 6.04. The van der Waals surface area contributed by atoms with Gasteiger partial charge >= 0.3 is 6.09 Å². The molecule has 0 N–H and O–H groups in total. The molecule has 0 bridgehead atoms. The quantitative estimate of drug-likeness (QED) is 0.453. The summed E-state index contributed by atoms with van der Waals surface area (Å²) in [5.41, 5.74) is 2.73. The first-order valence-electron chi connectivity index (χ1n) is 9.87. The zero-order valence-corrected chi connectivity index (χ0v) is 19.3. The number of hydrogen-bond donors (Lipinski definition) is 0. The van der Waals surface area contributed by atoms with E-state index in [0.29, 0.717) is 16.5 Å². The summed E-state index contributed by atoms with van der Waals surface area (Å²) in [5, 5.41) is 1.54. The van der Waals surface area contributed by atoms with Crippen LogP contribution < -0.4 is 9.47 Å². The zero-order chi connectivity index (χ0) is 22.2. The molecule has 160 valence electrons. The molecular weight excluding hydrogens is 402 g/mol. The predicted molar refractivity (Wildman–Crippen MR) is 121 cm³/mol. The number of benzene rings is 2. The van der Waals surface area contributed by atoms with Crippen LogP contribution in [0.5, 0.6) is 11.5 Å². The van der Waals surface area contributed by atoms with Crippen molar-refractivity contribution in [1.29, 1.82) is 0 Å². The van der Waals surface area contributed by atoms with Crippen LogP contribution in [0.2, 0.25) is 5.02 Å². The van der Waals surface area contributed by atoms with Crippen molar-refractivity contribution >= 4 is 28.6 Å². The Balaban J connectivity index is 2.40. The summed E-state index contributed by atoms with van der Waals surface area (Å²) in [5.74, 6) is 1.34. The lowest BCUT2D eigenvalue weighted by Gasteiger charge is -2.21. The molecule has 30 heavy (non-hydrogen) atoms.